The molecular formula is C29H28BrNO6. The molecule has 0 saturated heterocycles. The van der Waals surface area contributed by atoms with Gasteiger partial charge in [0.15, 0.2) is 35.7 Å². The summed E-state index contributed by atoms with van der Waals surface area (Å²) in [5.41, 5.74) is 3.61. The molecule has 1 aromatic heterocycles. The van der Waals surface area contributed by atoms with Gasteiger partial charge in [-0.15, -0.1) is 0 Å². The van der Waals surface area contributed by atoms with Crippen LogP contribution in [-0.4, -0.2) is 32.2 Å². The van der Waals surface area contributed by atoms with E-state index in [0.29, 0.717) is 19.0 Å². The molecule has 4 aromatic rings. The number of rotatable bonds is 8. The minimum atomic E-state index is 0. The third-order valence-corrected chi connectivity index (χ3v) is 6.67. The van der Waals surface area contributed by atoms with Crippen molar-refractivity contribution in [2.75, 3.05) is 27.1 Å². The van der Waals surface area contributed by atoms with E-state index in [9.17, 15) is 5.11 Å². The van der Waals surface area contributed by atoms with Crippen LogP contribution in [0, 0.1) is 0 Å². The highest BCUT2D eigenvalue weighted by molar-refractivity contribution is 5.91. The van der Waals surface area contributed by atoms with Crippen LogP contribution < -0.4 is 45.2 Å². The van der Waals surface area contributed by atoms with Crippen LogP contribution in [0.5, 0.6) is 34.5 Å². The Bertz CT molecular complexity index is 1440. The van der Waals surface area contributed by atoms with Crippen LogP contribution in [0.3, 0.4) is 0 Å². The lowest BCUT2D eigenvalue weighted by atomic mass is 9.95. The zero-order chi connectivity index (χ0) is 24.5. The van der Waals surface area contributed by atoms with Crippen LogP contribution in [0.25, 0.3) is 22.0 Å². The number of ether oxygens (including phenoxy) is 5. The maximum Gasteiger partial charge on any atom is 0.231 e. The van der Waals surface area contributed by atoms with Crippen molar-refractivity contribution in [1.82, 2.24) is 0 Å². The second kappa shape index (κ2) is 10.8. The Kier molecular flexibility index (Phi) is 7.28. The number of methoxy groups -OCH3 is 1. The second-order valence-electron chi connectivity index (χ2n) is 8.97. The van der Waals surface area contributed by atoms with Crippen LogP contribution in [-0.2, 0) is 13.0 Å². The maximum atomic E-state index is 9.55. The smallest absolute Gasteiger partial charge is 0.231 e. The Morgan fingerprint density at radius 3 is 2.57 bits per heavy atom. The lowest BCUT2D eigenvalue weighted by Crippen LogP contribution is -3.00. The number of fused-ring (bicyclic) bond motifs is 5. The first-order valence-electron chi connectivity index (χ1n) is 12.2. The summed E-state index contributed by atoms with van der Waals surface area (Å²) in [6, 6.07) is 17.3. The van der Waals surface area contributed by atoms with E-state index < -0.39 is 0 Å². The number of benzene rings is 3. The van der Waals surface area contributed by atoms with E-state index in [2.05, 4.69) is 35.0 Å². The number of aromatic hydroxyl groups is 1. The Morgan fingerprint density at radius 2 is 1.76 bits per heavy atom. The average Bonchev–Trinajstić information content (AvgIpc) is 3.36. The molecule has 0 unspecified atom stereocenters. The van der Waals surface area contributed by atoms with Gasteiger partial charge in [-0.3, -0.25) is 0 Å². The zero-order valence-corrected chi connectivity index (χ0v) is 22.1. The Labute approximate surface area is 225 Å². The van der Waals surface area contributed by atoms with E-state index in [1.54, 1.807) is 25.3 Å². The van der Waals surface area contributed by atoms with Crippen molar-refractivity contribution in [2.24, 2.45) is 0 Å². The highest BCUT2D eigenvalue weighted by Crippen LogP contribution is 2.41. The molecule has 0 radical (unpaired) electrons. The van der Waals surface area contributed by atoms with Crippen molar-refractivity contribution in [2.45, 2.75) is 25.8 Å². The molecule has 3 aromatic carbocycles. The molecule has 3 heterocycles. The summed E-state index contributed by atoms with van der Waals surface area (Å²) in [6.07, 6.45) is 4.76. The van der Waals surface area contributed by atoms with E-state index in [-0.39, 0.29) is 29.5 Å². The number of hydrogen-bond acceptors (Lipinski definition) is 6. The zero-order valence-electron chi connectivity index (χ0n) is 20.5. The molecule has 0 spiro atoms. The van der Waals surface area contributed by atoms with Crippen molar-refractivity contribution in [3.8, 4) is 45.8 Å². The maximum absolute atomic E-state index is 9.55. The number of pyridine rings is 1. The normalized spacial score (nSPS) is 12.9. The molecule has 2 aliphatic heterocycles. The largest absolute Gasteiger partial charge is 1.00 e. The van der Waals surface area contributed by atoms with E-state index in [4.69, 9.17) is 23.7 Å². The number of phenolic OH excluding ortho intramolecular Hbond substituents is 1. The molecule has 0 fully saturated rings. The van der Waals surface area contributed by atoms with Crippen LogP contribution in [0.4, 0.5) is 0 Å². The van der Waals surface area contributed by atoms with Crippen molar-refractivity contribution in [3.05, 3.63) is 66.4 Å². The summed E-state index contributed by atoms with van der Waals surface area (Å²) in [6.45, 7) is 2.26. The molecule has 0 bridgehead atoms. The molecule has 0 aliphatic carbocycles. The number of halogens is 1. The molecular weight excluding hydrogens is 538 g/mol. The number of phenols is 1. The Morgan fingerprint density at radius 1 is 0.946 bits per heavy atom. The van der Waals surface area contributed by atoms with Gasteiger partial charge in [0.2, 0.25) is 12.5 Å². The van der Waals surface area contributed by atoms with E-state index in [1.807, 2.05) is 12.1 Å². The summed E-state index contributed by atoms with van der Waals surface area (Å²) in [7, 11) is 1.67. The standard InChI is InChI=1S/C29H27NO6.BrH/c1-32-26-8-7-19-13-25-23-16-28-27(35-18-36-28)14-20(23)9-10-30(25)17-24(19)29(26)34-12-3-2-11-33-22-6-4-5-21(31)15-22;/h4-8,13-17H,2-3,9-12,18H2,1H3;1H. The SMILES string of the molecule is COc1ccc2cc3[n+](cc2c1OCCCCOc1cccc(O)c1)CCc1cc2c(cc1-3)OCO2.[Br-]. The number of aryl methyl sites for hydroxylation is 2. The van der Waals surface area contributed by atoms with Gasteiger partial charge in [0.25, 0.3) is 0 Å². The van der Waals surface area contributed by atoms with Gasteiger partial charge >= 0.3 is 0 Å². The molecule has 6 rings (SSSR count). The first-order chi connectivity index (χ1) is 17.7. The van der Waals surface area contributed by atoms with Gasteiger partial charge in [-0.05, 0) is 60.2 Å². The van der Waals surface area contributed by atoms with Crippen molar-refractivity contribution in [3.63, 3.8) is 0 Å². The third-order valence-electron chi connectivity index (χ3n) is 6.67. The van der Waals surface area contributed by atoms with Gasteiger partial charge in [-0.25, -0.2) is 0 Å². The van der Waals surface area contributed by atoms with Crippen LogP contribution in [0.1, 0.15) is 18.4 Å². The number of unbranched alkanes of at least 4 members (excludes halogenated alkanes) is 1. The highest BCUT2D eigenvalue weighted by Gasteiger charge is 2.28. The van der Waals surface area contributed by atoms with Crippen LogP contribution in [0.15, 0.2) is 60.8 Å². The average molecular weight is 566 g/mol. The quantitative estimate of drug-likeness (QED) is 0.260. The van der Waals surface area contributed by atoms with Gasteiger partial charge in [0, 0.05) is 18.6 Å². The highest BCUT2D eigenvalue weighted by atomic mass is 79.9. The van der Waals surface area contributed by atoms with Crippen LogP contribution in [0.2, 0.25) is 0 Å². The van der Waals surface area contributed by atoms with Gasteiger partial charge in [-0.2, -0.15) is 4.57 Å². The first kappa shape index (κ1) is 25.0. The molecule has 0 atom stereocenters. The fraction of sp³-hybridized carbons (Fsp3) is 0.276. The fourth-order valence-electron chi connectivity index (χ4n) is 4.85. The van der Waals surface area contributed by atoms with Gasteiger partial charge in [0.1, 0.15) is 11.5 Å². The predicted molar refractivity (Wildman–Crippen MR) is 134 cm³/mol. The van der Waals surface area contributed by atoms with Crippen molar-refractivity contribution in [1.29, 1.82) is 0 Å². The first-order valence-corrected chi connectivity index (χ1v) is 12.2. The Hall–Kier alpha value is -3.65. The van der Waals surface area contributed by atoms with E-state index >= 15 is 0 Å². The molecule has 8 heteroatoms. The lowest BCUT2D eigenvalue weighted by Gasteiger charge is -2.18. The number of nitrogens with zero attached hydrogens (tertiary/aromatic N) is 1. The third kappa shape index (κ3) is 4.98. The molecule has 37 heavy (non-hydrogen) atoms. The molecule has 1 N–H and O–H groups in total. The molecule has 2 aliphatic rings. The van der Waals surface area contributed by atoms with Crippen LogP contribution >= 0.6 is 0 Å². The van der Waals surface area contributed by atoms with Gasteiger partial charge < -0.3 is 45.8 Å². The summed E-state index contributed by atoms with van der Waals surface area (Å²) in [4.78, 5) is 0. The summed E-state index contributed by atoms with van der Waals surface area (Å²) < 4.78 is 31.1. The number of aromatic nitrogens is 1. The lowest BCUT2D eigenvalue weighted by molar-refractivity contribution is -0.686. The van der Waals surface area contributed by atoms with Crippen molar-refractivity contribution < 1.29 is 50.3 Å². The van der Waals surface area contributed by atoms with Crippen molar-refractivity contribution >= 4 is 10.8 Å². The minimum absolute atomic E-state index is 0. The van der Waals surface area contributed by atoms with E-state index in [1.165, 1.54) is 11.1 Å². The van der Waals surface area contributed by atoms with E-state index in [0.717, 1.165) is 65.3 Å². The minimum Gasteiger partial charge on any atom is -1.00 e. The number of hydrogen-bond donors (Lipinski definition) is 1. The van der Waals surface area contributed by atoms with Gasteiger partial charge in [0.05, 0.1) is 31.3 Å². The summed E-state index contributed by atoms with van der Waals surface area (Å²) >= 11 is 0. The fourth-order valence-corrected chi connectivity index (χ4v) is 4.85. The predicted octanol–water partition coefficient (Wildman–Crippen LogP) is 2.04. The topological polar surface area (TPSA) is 70.3 Å². The molecule has 0 amide bonds. The second-order valence-corrected chi connectivity index (χ2v) is 8.97. The monoisotopic (exact) mass is 565 g/mol. The molecule has 0 saturated carbocycles. The summed E-state index contributed by atoms with van der Waals surface area (Å²) in [5.74, 6) is 3.98. The van der Waals surface area contributed by atoms with Gasteiger partial charge in [-0.1, -0.05) is 6.07 Å². The molecule has 192 valence electrons. The Balaban J connectivity index is 0.00000280. The molecule has 7 nitrogen and oxygen atoms in total. The summed E-state index contributed by atoms with van der Waals surface area (Å²) in [5, 5.41) is 11.7.